The van der Waals surface area contributed by atoms with Gasteiger partial charge < -0.3 is 10.0 Å². The van der Waals surface area contributed by atoms with Crippen molar-refractivity contribution in [2.75, 3.05) is 0 Å². The zero-order chi connectivity index (χ0) is 15.5. The van der Waals surface area contributed by atoms with E-state index in [2.05, 4.69) is 0 Å². The summed E-state index contributed by atoms with van der Waals surface area (Å²) in [7, 11) is 0. The zero-order valence-electron chi connectivity index (χ0n) is 12.2. The fourth-order valence-corrected chi connectivity index (χ4v) is 2.59. The van der Waals surface area contributed by atoms with Crippen molar-refractivity contribution >= 4 is 11.9 Å². The van der Waals surface area contributed by atoms with Gasteiger partial charge in [-0.1, -0.05) is 12.1 Å². The van der Waals surface area contributed by atoms with Gasteiger partial charge in [-0.15, -0.1) is 0 Å². The van der Waals surface area contributed by atoms with Gasteiger partial charge in [-0.25, -0.2) is 9.18 Å². The van der Waals surface area contributed by atoms with Gasteiger partial charge in [-0.05, 0) is 38.5 Å². The van der Waals surface area contributed by atoms with Crippen LogP contribution in [0.3, 0.4) is 0 Å². The molecule has 1 N–H and O–H groups in total. The average molecular weight is 281 g/mol. The van der Waals surface area contributed by atoms with Gasteiger partial charge in [-0.3, -0.25) is 4.79 Å². The van der Waals surface area contributed by atoms with Crippen molar-refractivity contribution in [2.24, 2.45) is 0 Å². The Morgan fingerprint density at radius 3 is 2.40 bits per heavy atom. The van der Waals surface area contributed by atoms with Crippen LogP contribution in [0.15, 0.2) is 24.3 Å². The molecule has 1 aromatic rings. The van der Waals surface area contributed by atoms with Gasteiger partial charge in [0.2, 0.25) is 5.91 Å². The van der Waals surface area contributed by atoms with Crippen LogP contribution in [0, 0.1) is 5.82 Å². The summed E-state index contributed by atoms with van der Waals surface area (Å²) in [6.45, 7) is 6.34. The number of benzene rings is 1. The highest BCUT2D eigenvalue weighted by Gasteiger charge is 2.42. The van der Waals surface area contributed by atoms with E-state index < -0.39 is 17.3 Å². The lowest BCUT2D eigenvalue weighted by molar-refractivity contribution is -0.159. The third-order valence-corrected chi connectivity index (χ3v) is 3.29. The summed E-state index contributed by atoms with van der Waals surface area (Å²) in [4.78, 5) is 24.8. The van der Waals surface area contributed by atoms with Crippen LogP contribution in [0.4, 0.5) is 4.39 Å². The number of halogens is 1. The fourth-order valence-electron chi connectivity index (χ4n) is 2.59. The predicted molar refractivity (Wildman–Crippen MR) is 73.8 cm³/mol. The number of hydrogen-bond donors (Lipinski definition) is 1. The van der Waals surface area contributed by atoms with E-state index in [1.165, 1.54) is 36.9 Å². The molecule has 1 atom stereocenters. The first kappa shape index (κ1) is 16.1. The quantitative estimate of drug-likeness (QED) is 0.902. The summed E-state index contributed by atoms with van der Waals surface area (Å²) in [6.07, 6.45) is 0.0534. The second-order valence-electron chi connectivity index (χ2n) is 5.37. The van der Waals surface area contributed by atoms with Crippen LogP contribution in [-0.2, 0) is 16.0 Å². The van der Waals surface area contributed by atoms with Crippen molar-refractivity contribution < 1.29 is 19.1 Å². The summed E-state index contributed by atoms with van der Waals surface area (Å²) in [5.41, 5.74) is -0.866. The molecule has 0 aliphatic heterocycles. The predicted octanol–water partition coefficient (Wildman–Crippen LogP) is 2.47. The van der Waals surface area contributed by atoms with E-state index in [0.29, 0.717) is 5.56 Å². The van der Waals surface area contributed by atoms with Crippen LogP contribution < -0.4 is 0 Å². The van der Waals surface area contributed by atoms with E-state index in [-0.39, 0.29) is 18.4 Å². The highest BCUT2D eigenvalue weighted by molar-refractivity contribution is 5.86. The molecule has 4 nitrogen and oxygen atoms in total. The molecular weight excluding hydrogens is 261 g/mol. The number of carbonyl (C=O) groups excluding carboxylic acids is 1. The van der Waals surface area contributed by atoms with Crippen LogP contribution in [-0.4, -0.2) is 33.5 Å². The SMILES string of the molecule is CC(=O)N(C(C)C)C(C)(Cc1cccc(F)c1)C(=O)O. The first-order chi connectivity index (χ1) is 9.18. The number of carboxylic acid groups (broad SMARTS) is 1. The smallest absolute Gasteiger partial charge is 0.329 e. The molecule has 5 heteroatoms. The Hall–Kier alpha value is -1.91. The van der Waals surface area contributed by atoms with Gasteiger partial charge in [0, 0.05) is 19.4 Å². The maximum absolute atomic E-state index is 13.2. The molecule has 0 saturated heterocycles. The number of hydrogen-bond acceptors (Lipinski definition) is 2. The molecule has 0 aliphatic rings. The number of rotatable bonds is 5. The summed E-state index contributed by atoms with van der Waals surface area (Å²) in [6, 6.07) is 5.51. The third kappa shape index (κ3) is 3.35. The van der Waals surface area contributed by atoms with Crippen molar-refractivity contribution in [3.8, 4) is 0 Å². The van der Waals surface area contributed by atoms with Crippen LogP contribution in [0.1, 0.15) is 33.3 Å². The molecule has 0 radical (unpaired) electrons. The lowest BCUT2D eigenvalue weighted by Crippen LogP contribution is -2.58. The molecule has 0 bridgehead atoms. The van der Waals surface area contributed by atoms with E-state index in [1.807, 2.05) is 0 Å². The summed E-state index contributed by atoms with van der Waals surface area (Å²) in [5, 5.41) is 9.54. The number of carbonyl (C=O) groups is 2. The van der Waals surface area contributed by atoms with Crippen LogP contribution in [0.2, 0.25) is 0 Å². The molecule has 1 amide bonds. The van der Waals surface area contributed by atoms with Gasteiger partial charge in [0.25, 0.3) is 0 Å². The van der Waals surface area contributed by atoms with E-state index in [1.54, 1.807) is 19.9 Å². The number of nitrogens with zero attached hydrogens (tertiary/aromatic N) is 1. The minimum atomic E-state index is -1.41. The normalized spacial score (nSPS) is 13.9. The van der Waals surface area contributed by atoms with Crippen LogP contribution in [0.5, 0.6) is 0 Å². The Balaban J connectivity index is 3.21. The molecule has 0 heterocycles. The molecule has 20 heavy (non-hydrogen) atoms. The van der Waals surface area contributed by atoms with Crippen molar-refractivity contribution in [2.45, 2.75) is 45.7 Å². The largest absolute Gasteiger partial charge is 0.479 e. The molecule has 1 unspecified atom stereocenters. The van der Waals surface area contributed by atoms with E-state index in [9.17, 15) is 19.1 Å². The Labute approximate surface area is 118 Å². The van der Waals surface area contributed by atoms with Crippen LogP contribution in [0.25, 0.3) is 0 Å². The average Bonchev–Trinajstić information content (AvgIpc) is 2.27. The first-order valence-electron chi connectivity index (χ1n) is 6.46. The van der Waals surface area contributed by atoms with Gasteiger partial charge in [-0.2, -0.15) is 0 Å². The molecule has 110 valence electrons. The Kier molecular flexibility index (Phi) is 4.87. The minimum absolute atomic E-state index is 0.0534. The minimum Gasteiger partial charge on any atom is -0.479 e. The van der Waals surface area contributed by atoms with E-state index in [0.717, 1.165) is 0 Å². The van der Waals surface area contributed by atoms with Gasteiger partial charge in [0.15, 0.2) is 0 Å². The first-order valence-corrected chi connectivity index (χ1v) is 6.46. The lowest BCUT2D eigenvalue weighted by Gasteiger charge is -2.40. The van der Waals surface area contributed by atoms with E-state index >= 15 is 0 Å². The Morgan fingerprint density at radius 1 is 1.40 bits per heavy atom. The Morgan fingerprint density at radius 2 is 2.00 bits per heavy atom. The van der Waals surface area contributed by atoms with Gasteiger partial charge >= 0.3 is 5.97 Å². The molecule has 0 aromatic heterocycles. The molecule has 0 saturated carbocycles. The molecule has 0 spiro atoms. The molecular formula is C15H20FNO3. The van der Waals surface area contributed by atoms with Crippen molar-refractivity contribution in [3.05, 3.63) is 35.6 Å². The summed E-state index contributed by atoms with van der Waals surface area (Å²) in [5.74, 6) is -1.85. The van der Waals surface area contributed by atoms with Gasteiger partial charge in [0.05, 0.1) is 0 Å². The summed E-state index contributed by atoms with van der Waals surface area (Å²) >= 11 is 0. The zero-order valence-corrected chi connectivity index (χ0v) is 12.2. The summed E-state index contributed by atoms with van der Waals surface area (Å²) < 4.78 is 13.2. The third-order valence-electron chi connectivity index (χ3n) is 3.29. The van der Waals surface area contributed by atoms with Crippen LogP contribution >= 0.6 is 0 Å². The van der Waals surface area contributed by atoms with Crippen molar-refractivity contribution in [3.63, 3.8) is 0 Å². The van der Waals surface area contributed by atoms with Crippen molar-refractivity contribution in [1.82, 2.24) is 4.90 Å². The maximum atomic E-state index is 13.2. The second-order valence-corrected chi connectivity index (χ2v) is 5.37. The van der Waals surface area contributed by atoms with E-state index in [4.69, 9.17) is 0 Å². The topological polar surface area (TPSA) is 57.6 Å². The fraction of sp³-hybridized carbons (Fsp3) is 0.467. The number of amides is 1. The second kappa shape index (κ2) is 6.03. The number of carboxylic acids is 1. The highest BCUT2D eigenvalue weighted by atomic mass is 19.1. The number of aliphatic carboxylic acids is 1. The van der Waals surface area contributed by atoms with Gasteiger partial charge in [0.1, 0.15) is 11.4 Å². The van der Waals surface area contributed by atoms with Crippen molar-refractivity contribution in [1.29, 1.82) is 0 Å². The standard InChI is InChI=1S/C15H20FNO3/c1-10(2)17(11(3)18)15(4,14(19)20)9-12-6-5-7-13(16)8-12/h5-8,10H,9H2,1-4H3,(H,19,20). The maximum Gasteiger partial charge on any atom is 0.329 e. The monoisotopic (exact) mass is 281 g/mol. The lowest BCUT2D eigenvalue weighted by atomic mass is 9.89. The Bertz CT molecular complexity index is 516. The highest BCUT2D eigenvalue weighted by Crippen LogP contribution is 2.24. The molecule has 1 aromatic carbocycles. The molecule has 0 fully saturated rings. The molecule has 1 rings (SSSR count). The molecule has 0 aliphatic carbocycles.